The molecule has 5 heteroatoms. The van der Waals surface area contributed by atoms with Gasteiger partial charge in [-0.05, 0) is 39.5 Å². The molecule has 0 spiro atoms. The zero-order valence-corrected chi connectivity index (χ0v) is 12.5. The Morgan fingerprint density at radius 3 is 3.05 bits per heavy atom. The number of carbonyl (C=O) groups is 1. The number of Topliss-reactive ketones (excluding diaryl/α,β-unsaturated/α-hetero) is 1. The summed E-state index contributed by atoms with van der Waals surface area (Å²) in [5.41, 5.74) is 0.948. The van der Waals surface area contributed by atoms with E-state index in [1.807, 2.05) is 35.7 Å². The van der Waals surface area contributed by atoms with Crippen molar-refractivity contribution in [1.29, 1.82) is 0 Å². The maximum Gasteiger partial charge on any atom is 0.180 e. The molecule has 0 saturated carbocycles. The number of thiophene rings is 1. The smallest absolute Gasteiger partial charge is 0.180 e. The van der Waals surface area contributed by atoms with Crippen molar-refractivity contribution in [3.63, 3.8) is 0 Å². The molecule has 1 aromatic heterocycles. The first kappa shape index (κ1) is 12.7. The predicted octanol–water partition coefficient (Wildman–Crippen LogP) is 3.50. The molecule has 2 heterocycles. The molecule has 0 saturated heterocycles. The standard InChI is InChI=1S/C14H12BrNO2S/c15-9-5-6-19-14(9)7-11(17)13-8-16-10-3-1-2-4-12(10)18-13/h1-6,13,16H,7-8H2. The number of carbonyl (C=O) groups excluding carboxylic acids is 1. The summed E-state index contributed by atoms with van der Waals surface area (Å²) in [5, 5.41) is 5.21. The molecular formula is C14H12BrNO2S. The monoisotopic (exact) mass is 337 g/mol. The molecule has 1 aromatic carbocycles. The van der Waals surface area contributed by atoms with Crippen LogP contribution in [0.25, 0.3) is 0 Å². The minimum Gasteiger partial charge on any atom is -0.479 e. The summed E-state index contributed by atoms with van der Waals surface area (Å²) < 4.78 is 6.76. The number of benzene rings is 1. The Morgan fingerprint density at radius 1 is 1.42 bits per heavy atom. The number of nitrogens with one attached hydrogen (secondary N) is 1. The van der Waals surface area contributed by atoms with Crippen LogP contribution in [0.1, 0.15) is 4.88 Å². The van der Waals surface area contributed by atoms with Crippen LogP contribution in [0, 0.1) is 0 Å². The first-order valence-electron chi connectivity index (χ1n) is 5.98. The Bertz CT molecular complexity index is 611. The highest BCUT2D eigenvalue weighted by atomic mass is 79.9. The van der Waals surface area contributed by atoms with Crippen molar-refractivity contribution in [3.8, 4) is 5.75 Å². The lowest BCUT2D eigenvalue weighted by Gasteiger charge is -2.26. The molecule has 1 unspecified atom stereocenters. The fourth-order valence-corrected chi connectivity index (χ4v) is 3.52. The Kier molecular flexibility index (Phi) is 3.57. The number of hydrogen-bond donors (Lipinski definition) is 1. The van der Waals surface area contributed by atoms with Gasteiger partial charge >= 0.3 is 0 Å². The molecule has 1 aliphatic rings. The molecule has 0 fully saturated rings. The number of halogens is 1. The van der Waals surface area contributed by atoms with Crippen LogP contribution in [0.4, 0.5) is 5.69 Å². The zero-order valence-electron chi connectivity index (χ0n) is 10.1. The van der Waals surface area contributed by atoms with E-state index in [9.17, 15) is 4.79 Å². The van der Waals surface area contributed by atoms with E-state index in [4.69, 9.17) is 4.74 Å². The topological polar surface area (TPSA) is 38.3 Å². The third-order valence-corrected chi connectivity index (χ3v) is 4.95. The molecule has 0 radical (unpaired) electrons. The highest BCUT2D eigenvalue weighted by Crippen LogP contribution is 2.29. The maximum absolute atomic E-state index is 12.2. The second-order valence-corrected chi connectivity index (χ2v) is 6.17. The molecule has 1 N–H and O–H groups in total. The number of rotatable bonds is 3. The summed E-state index contributed by atoms with van der Waals surface area (Å²) in [4.78, 5) is 13.3. The predicted molar refractivity (Wildman–Crippen MR) is 80.1 cm³/mol. The van der Waals surface area contributed by atoms with Gasteiger partial charge in [-0.3, -0.25) is 4.79 Å². The van der Waals surface area contributed by atoms with E-state index in [-0.39, 0.29) is 5.78 Å². The van der Waals surface area contributed by atoms with Gasteiger partial charge < -0.3 is 10.1 Å². The van der Waals surface area contributed by atoms with Gasteiger partial charge in [0.05, 0.1) is 12.2 Å². The van der Waals surface area contributed by atoms with E-state index in [0.29, 0.717) is 13.0 Å². The molecule has 98 valence electrons. The van der Waals surface area contributed by atoms with Crippen LogP contribution >= 0.6 is 27.3 Å². The number of ether oxygens (including phenoxy) is 1. The van der Waals surface area contributed by atoms with Crippen LogP contribution < -0.4 is 10.1 Å². The number of ketones is 1. The summed E-state index contributed by atoms with van der Waals surface area (Å²) in [7, 11) is 0. The average molecular weight is 338 g/mol. The van der Waals surface area contributed by atoms with Crippen LogP contribution in [0.15, 0.2) is 40.2 Å². The molecular weight excluding hydrogens is 326 g/mol. The molecule has 0 amide bonds. The fraction of sp³-hybridized carbons (Fsp3) is 0.214. The summed E-state index contributed by atoms with van der Waals surface area (Å²) in [5.74, 6) is 0.850. The molecule has 1 aliphatic heterocycles. The van der Waals surface area contributed by atoms with Crippen LogP contribution in [-0.2, 0) is 11.2 Å². The van der Waals surface area contributed by atoms with E-state index in [1.165, 1.54) is 0 Å². The average Bonchev–Trinajstić information content (AvgIpc) is 2.84. The third kappa shape index (κ3) is 2.67. The lowest BCUT2D eigenvalue weighted by Crippen LogP contribution is -2.38. The van der Waals surface area contributed by atoms with Crippen molar-refractivity contribution >= 4 is 38.7 Å². The number of para-hydroxylation sites is 2. The van der Waals surface area contributed by atoms with Gasteiger partial charge in [0, 0.05) is 15.8 Å². The van der Waals surface area contributed by atoms with Crippen molar-refractivity contribution in [2.75, 3.05) is 11.9 Å². The van der Waals surface area contributed by atoms with Gasteiger partial charge in [-0.2, -0.15) is 0 Å². The Morgan fingerprint density at radius 2 is 2.26 bits per heavy atom. The molecule has 2 aromatic rings. The number of fused-ring (bicyclic) bond motifs is 1. The number of hydrogen-bond acceptors (Lipinski definition) is 4. The van der Waals surface area contributed by atoms with Crippen molar-refractivity contribution in [2.45, 2.75) is 12.5 Å². The van der Waals surface area contributed by atoms with Gasteiger partial charge in [-0.25, -0.2) is 0 Å². The van der Waals surface area contributed by atoms with Gasteiger partial charge in [-0.1, -0.05) is 12.1 Å². The largest absolute Gasteiger partial charge is 0.479 e. The van der Waals surface area contributed by atoms with Crippen molar-refractivity contribution in [1.82, 2.24) is 0 Å². The minimum atomic E-state index is -0.413. The highest BCUT2D eigenvalue weighted by Gasteiger charge is 2.26. The van der Waals surface area contributed by atoms with Gasteiger partial charge in [0.1, 0.15) is 5.75 Å². The second-order valence-electron chi connectivity index (χ2n) is 4.32. The van der Waals surface area contributed by atoms with Crippen molar-refractivity contribution < 1.29 is 9.53 Å². The van der Waals surface area contributed by atoms with Crippen molar-refractivity contribution in [2.24, 2.45) is 0 Å². The van der Waals surface area contributed by atoms with Gasteiger partial charge in [0.15, 0.2) is 11.9 Å². The minimum absolute atomic E-state index is 0.102. The summed E-state index contributed by atoms with van der Waals surface area (Å²) >= 11 is 5.03. The van der Waals surface area contributed by atoms with Crippen molar-refractivity contribution in [3.05, 3.63) is 45.1 Å². The normalized spacial score (nSPS) is 17.2. The Hall–Kier alpha value is -1.33. The van der Waals surface area contributed by atoms with Crippen LogP contribution in [0.3, 0.4) is 0 Å². The first-order valence-corrected chi connectivity index (χ1v) is 7.65. The summed E-state index contributed by atoms with van der Waals surface area (Å²) in [6.45, 7) is 0.527. The van der Waals surface area contributed by atoms with Gasteiger partial charge in [0.25, 0.3) is 0 Å². The molecule has 0 bridgehead atoms. The number of anilines is 1. The lowest BCUT2D eigenvalue weighted by atomic mass is 10.1. The molecule has 19 heavy (non-hydrogen) atoms. The molecule has 0 aliphatic carbocycles. The van der Waals surface area contributed by atoms with E-state index in [0.717, 1.165) is 20.8 Å². The maximum atomic E-state index is 12.2. The molecule has 3 rings (SSSR count). The molecule has 1 atom stereocenters. The molecule has 3 nitrogen and oxygen atoms in total. The SMILES string of the molecule is O=C(Cc1sccc1Br)C1CNc2ccccc2O1. The Balaban J connectivity index is 1.71. The van der Waals surface area contributed by atoms with Crippen LogP contribution in [0.2, 0.25) is 0 Å². The van der Waals surface area contributed by atoms with E-state index in [1.54, 1.807) is 11.3 Å². The van der Waals surface area contributed by atoms with Gasteiger partial charge in [0.2, 0.25) is 0 Å². The van der Waals surface area contributed by atoms with E-state index >= 15 is 0 Å². The Labute approximate surface area is 123 Å². The van der Waals surface area contributed by atoms with Gasteiger partial charge in [-0.15, -0.1) is 11.3 Å². The van der Waals surface area contributed by atoms with Crippen LogP contribution in [0.5, 0.6) is 5.75 Å². The lowest BCUT2D eigenvalue weighted by molar-refractivity contribution is -0.124. The summed E-state index contributed by atoms with van der Waals surface area (Å²) in [6.07, 6.45) is -0.00357. The van der Waals surface area contributed by atoms with E-state index < -0.39 is 6.10 Å². The summed E-state index contributed by atoms with van der Waals surface area (Å²) in [6, 6.07) is 9.64. The second kappa shape index (κ2) is 5.35. The van der Waals surface area contributed by atoms with E-state index in [2.05, 4.69) is 21.2 Å². The quantitative estimate of drug-likeness (QED) is 0.931. The first-order chi connectivity index (χ1) is 9.24. The van der Waals surface area contributed by atoms with Crippen LogP contribution in [-0.4, -0.2) is 18.4 Å². The third-order valence-electron chi connectivity index (χ3n) is 3.02. The highest BCUT2D eigenvalue weighted by molar-refractivity contribution is 9.10. The fourth-order valence-electron chi connectivity index (χ4n) is 2.02. The zero-order chi connectivity index (χ0) is 13.2.